The van der Waals surface area contributed by atoms with Crippen molar-refractivity contribution in [3.63, 3.8) is 0 Å². The zero-order valence-corrected chi connectivity index (χ0v) is 21.2. The summed E-state index contributed by atoms with van der Waals surface area (Å²) in [7, 11) is 0. The Kier molecular flexibility index (Phi) is 8.67. The number of rotatable bonds is 10. The summed E-state index contributed by atoms with van der Waals surface area (Å²) in [5, 5.41) is 23.2. The second kappa shape index (κ2) is 12.7. The van der Waals surface area contributed by atoms with Crippen LogP contribution in [0.5, 0.6) is 11.5 Å². The third kappa shape index (κ3) is 7.54. The van der Waals surface area contributed by atoms with E-state index < -0.39 is 10.8 Å². The fourth-order valence-electron chi connectivity index (χ4n) is 3.59. The number of benzene rings is 4. The summed E-state index contributed by atoms with van der Waals surface area (Å²) in [5.41, 5.74) is 3.94. The lowest BCUT2D eigenvalue weighted by Gasteiger charge is -2.10. The van der Waals surface area contributed by atoms with E-state index in [1.54, 1.807) is 60.7 Å². The molecule has 0 saturated carbocycles. The van der Waals surface area contributed by atoms with Crippen molar-refractivity contribution >= 4 is 23.4 Å². The molecule has 4 aromatic carbocycles. The van der Waals surface area contributed by atoms with Crippen molar-refractivity contribution in [2.24, 2.45) is 0 Å². The number of aryl methyl sites for hydroxylation is 1. The lowest BCUT2D eigenvalue weighted by molar-refractivity contribution is -0.384. The molecule has 4 rings (SSSR count). The zero-order valence-electron chi connectivity index (χ0n) is 21.2. The van der Waals surface area contributed by atoms with Gasteiger partial charge in [-0.1, -0.05) is 48.0 Å². The van der Waals surface area contributed by atoms with Gasteiger partial charge in [0.15, 0.2) is 0 Å². The van der Waals surface area contributed by atoms with Crippen molar-refractivity contribution in [2.45, 2.75) is 20.1 Å². The van der Waals surface area contributed by atoms with Crippen LogP contribution in [0.3, 0.4) is 0 Å². The molecule has 0 spiro atoms. The van der Waals surface area contributed by atoms with Crippen LogP contribution in [0.4, 0.5) is 11.4 Å². The van der Waals surface area contributed by atoms with Gasteiger partial charge in [-0.25, -0.2) is 0 Å². The number of nitrogens with one attached hydrogen (secondary N) is 1. The van der Waals surface area contributed by atoms with E-state index in [0.29, 0.717) is 29.4 Å². The van der Waals surface area contributed by atoms with Gasteiger partial charge in [0.1, 0.15) is 36.4 Å². The Hall–Kier alpha value is -5.42. The Balaban J connectivity index is 1.38. The number of nitrogens with zero attached hydrogens (tertiary/aromatic N) is 2. The van der Waals surface area contributed by atoms with Crippen LogP contribution < -0.4 is 14.8 Å². The molecule has 0 aliphatic carbocycles. The van der Waals surface area contributed by atoms with E-state index in [4.69, 9.17) is 9.47 Å². The molecule has 0 radical (unpaired) electrons. The third-order valence-electron chi connectivity index (χ3n) is 5.76. The highest BCUT2D eigenvalue weighted by Gasteiger charge is 2.12. The Morgan fingerprint density at radius 3 is 2.15 bits per heavy atom. The molecule has 1 amide bonds. The molecule has 8 nitrogen and oxygen atoms in total. The number of nitro benzene ring substituents is 1. The van der Waals surface area contributed by atoms with Crippen molar-refractivity contribution in [3.8, 4) is 17.6 Å². The molecule has 4 aromatic rings. The maximum absolute atomic E-state index is 12.8. The lowest BCUT2D eigenvalue weighted by Crippen LogP contribution is -2.13. The van der Waals surface area contributed by atoms with E-state index in [9.17, 15) is 20.2 Å². The van der Waals surface area contributed by atoms with Gasteiger partial charge in [0.25, 0.3) is 11.6 Å². The van der Waals surface area contributed by atoms with E-state index in [1.807, 2.05) is 37.3 Å². The van der Waals surface area contributed by atoms with Gasteiger partial charge in [0.2, 0.25) is 0 Å². The Morgan fingerprint density at radius 1 is 0.897 bits per heavy atom. The van der Waals surface area contributed by atoms with Crippen LogP contribution in [0.15, 0.2) is 103 Å². The molecule has 8 heteroatoms. The largest absolute Gasteiger partial charge is 0.489 e. The molecule has 0 unspecified atom stereocenters. The van der Waals surface area contributed by atoms with Crippen LogP contribution in [0.2, 0.25) is 0 Å². The average molecular weight is 520 g/mol. The van der Waals surface area contributed by atoms with Gasteiger partial charge in [0, 0.05) is 23.4 Å². The van der Waals surface area contributed by atoms with Crippen LogP contribution in [0.25, 0.3) is 6.08 Å². The van der Waals surface area contributed by atoms with Crippen molar-refractivity contribution in [2.75, 3.05) is 5.32 Å². The minimum atomic E-state index is -0.559. The van der Waals surface area contributed by atoms with Gasteiger partial charge in [-0.3, -0.25) is 14.9 Å². The molecule has 0 fully saturated rings. The number of carbonyl (C=O) groups is 1. The van der Waals surface area contributed by atoms with Crippen molar-refractivity contribution in [1.82, 2.24) is 0 Å². The predicted molar refractivity (Wildman–Crippen MR) is 148 cm³/mol. The number of hydrogen-bond acceptors (Lipinski definition) is 6. The summed E-state index contributed by atoms with van der Waals surface area (Å²) in [6.07, 6.45) is 1.46. The first kappa shape index (κ1) is 26.6. The minimum Gasteiger partial charge on any atom is -0.489 e. The molecule has 0 aliphatic heterocycles. The lowest BCUT2D eigenvalue weighted by atomic mass is 10.1. The summed E-state index contributed by atoms with van der Waals surface area (Å²) in [5.74, 6) is 0.561. The number of carbonyl (C=O) groups excluding carboxylic acids is 1. The summed E-state index contributed by atoms with van der Waals surface area (Å²) < 4.78 is 11.7. The number of nitro groups is 1. The van der Waals surface area contributed by atoms with Gasteiger partial charge < -0.3 is 14.8 Å². The molecule has 1 N–H and O–H groups in total. The molecule has 0 aromatic heterocycles. The van der Waals surface area contributed by atoms with E-state index >= 15 is 0 Å². The van der Waals surface area contributed by atoms with E-state index in [0.717, 1.165) is 11.1 Å². The van der Waals surface area contributed by atoms with Crippen LogP contribution in [-0.2, 0) is 18.0 Å². The number of amides is 1. The smallest absolute Gasteiger partial charge is 0.269 e. The SMILES string of the molecule is Cc1ccc(COc2ccc(NC(=O)/C(C#N)=C/c3ccccc3OCc3ccc([N+](=O)[O-])cc3)cc2)cc1. The summed E-state index contributed by atoms with van der Waals surface area (Å²) in [4.78, 5) is 23.2. The molecule has 0 saturated heterocycles. The normalized spacial score (nSPS) is 10.8. The first-order valence-corrected chi connectivity index (χ1v) is 12.1. The first-order chi connectivity index (χ1) is 18.9. The summed E-state index contributed by atoms with van der Waals surface area (Å²) in [6.45, 7) is 2.62. The number of hydrogen-bond donors (Lipinski definition) is 1. The maximum atomic E-state index is 12.8. The number of nitriles is 1. The summed E-state index contributed by atoms with van der Waals surface area (Å²) in [6, 6.07) is 30.0. The van der Waals surface area contributed by atoms with E-state index in [-0.39, 0.29) is 17.9 Å². The zero-order chi connectivity index (χ0) is 27.6. The molecule has 0 heterocycles. The Labute approximate surface area is 225 Å². The second-order valence-corrected chi connectivity index (χ2v) is 8.67. The van der Waals surface area contributed by atoms with Gasteiger partial charge >= 0.3 is 0 Å². The number of para-hydroxylation sites is 1. The molecule has 0 bridgehead atoms. The Bertz CT molecular complexity index is 1520. The fraction of sp³-hybridized carbons (Fsp3) is 0.0968. The number of anilines is 1. The quantitative estimate of drug-likeness (QED) is 0.109. The van der Waals surface area contributed by atoms with Gasteiger partial charge in [-0.05, 0) is 66.6 Å². The van der Waals surface area contributed by atoms with Crippen LogP contribution in [0, 0.1) is 28.4 Å². The maximum Gasteiger partial charge on any atom is 0.269 e. The minimum absolute atomic E-state index is 0.00355. The topological polar surface area (TPSA) is 114 Å². The van der Waals surface area contributed by atoms with E-state index in [1.165, 1.54) is 23.8 Å². The fourth-order valence-corrected chi connectivity index (χ4v) is 3.59. The van der Waals surface area contributed by atoms with Crippen molar-refractivity contribution in [1.29, 1.82) is 5.26 Å². The molecule has 39 heavy (non-hydrogen) atoms. The van der Waals surface area contributed by atoms with Crippen molar-refractivity contribution < 1.29 is 19.2 Å². The molecule has 194 valence electrons. The molecule has 0 aliphatic rings. The first-order valence-electron chi connectivity index (χ1n) is 12.1. The van der Waals surface area contributed by atoms with Crippen molar-refractivity contribution in [3.05, 3.63) is 135 Å². The van der Waals surface area contributed by atoms with Gasteiger partial charge in [0.05, 0.1) is 4.92 Å². The Morgan fingerprint density at radius 2 is 1.51 bits per heavy atom. The standard InChI is InChI=1S/C31H25N3O5/c1-22-6-8-23(9-7-22)20-38-29-16-12-27(13-17-29)33-31(35)26(19-32)18-25-4-2-3-5-30(25)39-21-24-10-14-28(15-11-24)34(36)37/h2-18H,20-21H2,1H3,(H,33,35)/b26-18+. The van der Waals surface area contributed by atoms with Crippen LogP contribution >= 0.6 is 0 Å². The molecular formula is C31H25N3O5. The third-order valence-corrected chi connectivity index (χ3v) is 5.76. The average Bonchev–Trinajstić information content (AvgIpc) is 2.96. The predicted octanol–water partition coefficient (Wildman–Crippen LogP) is 6.61. The van der Waals surface area contributed by atoms with Crippen LogP contribution in [-0.4, -0.2) is 10.8 Å². The number of ether oxygens (including phenoxy) is 2. The second-order valence-electron chi connectivity index (χ2n) is 8.67. The van der Waals surface area contributed by atoms with Crippen LogP contribution in [0.1, 0.15) is 22.3 Å². The number of non-ortho nitro benzene ring substituents is 1. The highest BCUT2D eigenvalue weighted by atomic mass is 16.6. The van der Waals surface area contributed by atoms with Gasteiger partial charge in [-0.15, -0.1) is 0 Å². The highest BCUT2D eigenvalue weighted by molar-refractivity contribution is 6.09. The summed E-state index contributed by atoms with van der Waals surface area (Å²) >= 11 is 0. The van der Waals surface area contributed by atoms with Gasteiger partial charge in [-0.2, -0.15) is 5.26 Å². The highest BCUT2D eigenvalue weighted by Crippen LogP contribution is 2.24. The molecule has 0 atom stereocenters. The molecular weight excluding hydrogens is 494 g/mol. The monoisotopic (exact) mass is 519 g/mol. The van der Waals surface area contributed by atoms with E-state index in [2.05, 4.69) is 5.32 Å².